The molecule has 0 unspecified atom stereocenters. The zero-order chi connectivity index (χ0) is 32.1. The Hall–Kier alpha value is -4.87. The van der Waals surface area contributed by atoms with Crippen LogP contribution in [0.25, 0.3) is 44.4 Å². The molecule has 3 heterocycles. The van der Waals surface area contributed by atoms with Crippen LogP contribution < -0.4 is 14.5 Å². The molecule has 0 saturated heterocycles. The van der Waals surface area contributed by atoms with E-state index in [1.165, 1.54) is 22.5 Å². The molecule has 3 aromatic heterocycles. The standard InChI is InChI=1S/C39H36N6O.Pt/c1-25-17-18-40-36(19-25)45-34-14-9-8-13-32(34)33-16-15-31(22-35(33)45)46-30-12-10-11-29(21-30)44-24-28(23-41-44)37-38(42(4)5)26(2)20-27(3)39(37)43(6)7;/h8-20,23-24H,1-7H3;/q-2;+2. The van der Waals surface area contributed by atoms with E-state index in [4.69, 9.17) is 9.84 Å². The fraction of sp³-hybridized carbons (Fsp3) is 0.179. The number of para-hydroxylation sites is 1. The maximum atomic E-state index is 6.38. The van der Waals surface area contributed by atoms with Crippen molar-refractivity contribution < 1.29 is 25.8 Å². The second-order valence-electron chi connectivity index (χ2n) is 12.2. The van der Waals surface area contributed by atoms with Gasteiger partial charge < -0.3 is 19.1 Å². The number of rotatable bonds is 7. The predicted octanol–water partition coefficient (Wildman–Crippen LogP) is 8.48. The monoisotopic (exact) mass is 799 g/mol. The van der Waals surface area contributed by atoms with Crippen LogP contribution in [0.5, 0.6) is 11.5 Å². The zero-order valence-electron chi connectivity index (χ0n) is 27.6. The van der Waals surface area contributed by atoms with Gasteiger partial charge in [0.15, 0.2) is 0 Å². The van der Waals surface area contributed by atoms with Gasteiger partial charge in [0.2, 0.25) is 0 Å². The second kappa shape index (κ2) is 12.7. The van der Waals surface area contributed by atoms with Crippen molar-refractivity contribution in [3.8, 4) is 34.1 Å². The molecule has 0 saturated carbocycles. The van der Waals surface area contributed by atoms with Gasteiger partial charge in [-0.1, -0.05) is 29.8 Å². The summed E-state index contributed by atoms with van der Waals surface area (Å²) < 4.78 is 10.4. The summed E-state index contributed by atoms with van der Waals surface area (Å²) in [5.74, 6) is 2.03. The smallest absolute Gasteiger partial charge is 0.509 e. The fourth-order valence-electron chi connectivity index (χ4n) is 6.54. The van der Waals surface area contributed by atoms with Gasteiger partial charge in [-0.05, 0) is 66.7 Å². The van der Waals surface area contributed by atoms with Crippen molar-refractivity contribution in [2.45, 2.75) is 20.8 Å². The van der Waals surface area contributed by atoms with Crippen LogP contribution in [0.15, 0.2) is 91.4 Å². The maximum Gasteiger partial charge on any atom is 2.00 e. The van der Waals surface area contributed by atoms with Crippen LogP contribution in [0, 0.1) is 32.9 Å². The van der Waals surface area contributed by atoms with Crippen LogP contribution in [-0.4, -0.2) is 47.5 Å². The summed E-state index contributed by atoms with van der Waals surface area (Å²) >= 11 is 0. The first kappa shape index (κ1) is 32.1. The summed E-state index contributed by atoms with van der Waals surface area (Å²) in [6.45, 7) is 6.40. The number of hydrogen-bond acceptors (Lipinski definition) is 5. The van der Waals surface area contributed by atoms with Crippen molar-refractivity contribution >= 4 is 33.2 Å². The number of fused-ring (bicyclic) bond motifs is 3. The number of pyridine rings is 1. The van der Waals surface area contributed by atoms with E-state index >= 15 is 0 Å². The Morgan fingerprint density at radius 3 is 2.19 bits per heavy atom. The molecule has 0 spiro atoms. The Morgan fingerprint density at radius 1 is 0.745 bits per heavy atom. The SMILES string of the molecule is Cc1ccnc(-n2c3[c-]c(Oc4[c-]c(-n5cc(-c6c(N(C)C)c(C)cc(C)c6N(C)C)cn5)ccc4)ccc3c3ccccc32)c1.[Pt+2]. The van der Waals surface area contributed by atoms with Gasteiger partial charge in [0, 0.05) is 80.1 Å². The molecule has 0 N–H and O–H groups in total. The molecule has 238 valence electrons. The van der Waals surface area contributed by atoms with E-state index in [9.17, 15) is 0 Å². The third-order valence-corrected chi connectivity index (χ3v) is 8.33. The largest absolute Gasteiger partial charge is 2.00 e. The Morgan fingerprint density at radius 2 is 1.47 bits per heavy atom. The third-order valence-electron chi connectivity index (χ3n) is 8.33. The summed E-state index contributed by atoms with van der Waals surface area (Å²) in [4.78, 5) is 9.04. The first-order valence-corrected chi connectivity index (χ1v) is 15.3. The van der Waals surface area contributed by atoms with Crippen molar-refractivity contribution in [1.82, 2.24) is 19.3 Å². The van der Waals surface area contributed by atoms with Gasteiger partial charge in [0.25, 0.3) is 0 Å². The first-order valence-electron chi connectivity index (χ1n) is 15.3. The van der Waals surface area contributed by atoms with E-state index in [0.29, 0.717) is 11.5 Å². The molecule has 0 radical (unpaired) electrons. The molecule has 0 aliphatic carbocycles. The quantitative estimate of drug-likeness (QED) is 0.152. The van der Waals surface area contributed by atoms with Crippen molar-refractivity contribution in [1.29, 1.82) is 0 Å². The van der Waals surface area contributed by atoms with E-state index in [2.05, 4.69) is 129 Å². The fourth-order valence-corrected chi connectivity index (χ4v) is 6.54. The van der Waals surface area contributed by atoms with Gasteiger partial charge in [0.05, 0.1) is 6.20 Å². The maximum absolute atomic E-state index is 6.38. The minimum atomic E-state index is 0. The number of anilines is 2. The topological polar surface area (TPSA) is 51.4 Å². The molecule has 47 heavy (non-hydrogen) atoms. The van der Waals surface area contributed by atoms with Crippen molar-refractivity contribution in [3.63, 3.8) is 0 Å². The van der Waals surface area contributed by atoms with Crippen molar-refractivity contribution in [2.75, 3.05) is 38.0 Å². The number of ether oxygens (including phenoxy) is 1. The third kappa shape index (κ3) is 5.81. The number of aryl methyl sites for hydroxylation is 3. The molecule has 0 atom stereocenters. The number of nitrogens with zero attached hydrogens (tertiary/aromatic N) is 6. The Kier molecular flexibility index (Phi) is 8.69. The van der Waals surface area contributed by atoms with Crippen LogP contribution >= 0.6 is 0 Å². The number of benzene rings is 4. The van der Waals surface area contributed by atoms with Gasteiger partial charge in [0.1, 0.15) is 5.82 Å². The average molecular weight is 800 g/mol. The molecule has 0 amide bonds. The molecule has 7 nitrogen and oxygen atoms in total. The van der Waals surface area contributed by atoms with Gasteiger partial charge in [-0.15, -0.1) is 35.7 Å². The van der Waals surface area contributed by atoms with E-state index in [0.717, 1.165) is 50.0 Å². The zero-order valence-corrected chi connectivity index (χ0v) is 29.8. The minimum Gasteiger partial charge on any atom is -0.509 e. The van der Waals surface area contributed by atoms with Crippen LogP contribution in [0.3, 0.4) is 0 Å². The molecule has 0 aliphatic heterocycles. The number of aromatic nitrogens is 4. The van der Waals surface area contributed by atoms with Gasteiger partial charge in [-0.2, -0.15) is 17.2 Å². The minimum absolute atomic E-state index is 0. The molecule has 0 fully saturated rings. The van der Waals surface area contributed by atoms with E-state index in [-0.39, 0.29) is 21.1 Å². The molecule has 7 rings (SSSR count). The molecule has 0 bridgehead atoms. The molecule has 4 aromatic carbocycles. The van der Waals surface area contributed by atoms with E-state index in [1.54, 1.807) is 0 Å². The molecular formula is C39H36N6OPt. The summed E-state index contributed by atoms with van der Waals surface area (Å²) in [6.07, 6.45) is 5.83. The van der Waals surface area contributed by atoms with Crippen molar-refractivity contribution in [2.24, 2.45) is 0 Å². The molecule has 8 heteroatoms. The van der Waals surface area contributed by atoms with Gasteiger partial charge in [-0.25, -0.2) is 4.98 Å². The summed E-state index contributed by atoms with van der Waals surface area (Å²) in [5, 5.41) is 7.00. The summed E-state index contributed by atoms with van der Waals surface area (Å²) in [7, 11) is 8.35. The average Bonchev–Trinajstić information content (AvgIpc) is 3.64. The second-order valence-corrected chi connectivity index (χ2v) is 12.2. The van der Waals surface area contributed by atoms with Gasteiger partial charge >= 0.3 is 21.1 Å². The number of hydrogen-bond donors (Lipinski definition) is 0. The van der Waals surface area contributed by atoms with Gasteiger partial charge in [-0.3, -0.25) is 4.68 Å². The summed E-state index contributed by atoms with van der Waals surface area (Å²) in [6, 6.07) is 31.5. The Balaban J connectivity index is 0.00000386. The van der Waals surface area contributed by atoms with Crippen LogP contribution in [0.1, 0.15) is 16.7 Å². The van der Waals surface area contributed by atoms with E-state index in [1.807, 2.05) is 47.4 Å². The normalized spacial score (nSPS) is 11.1. The van der Waals surface area contributed by atoms with Crippen LogP contribution in [0.4, 0.5) is 11.4 Å². The van der Waals surface area contributed by atoms with Crippen LogP contribution in [0.2, 0.25) is 0 Å². The molecular weight excluding hydrogens is 764 g/mol. The van der Waals surface area contributed by atoms with Crippen LogP contribution in [-0.2, 0) is 21.1 Å². The summed E-state index contributed by atoms with van der Waals surface area (Å²) in [5.41, 5.74) is 10.9. The van der Waals surface area contributed by atoms with E-state index < -0.39 is 0 Å². The molecule has 7 aromatic rings. The first-order chi connectivity index (χ1) is 22.2. The van der Waals surface area contributed by atoms with Crippen molar-refractivity contribution in [3.05, 3.63) is 120 Å². The predicted molar refractivity (Wildman–Crippen MR) is 188 cm³/mol. The Labute approximate surface area is 290 Å². The Bertz CT molecular complexity index is 2210. The molecule has 0 aliphatic rings.